The third kappa shape index (κ3) is 8.00. The second kappa shape index (κ2) is 12.8. The minimum Gasteiger partial charge on any atom is -0.354 e. The van der Waals surface area contributed by atoms with Gasteiger partial charge in [-0.2, -0.15) is 0 Å². The summed E-state index contributed by atoms with van der Waals surface area (Å²) in [6, 6.07) is 8.89. The maximum Gasteiger partial charge on any atom is 0.244 e. The highest BCUT2D eigenvalue weighted by atomic mass is 35.5. The molecule has 0 bridgehead atoms. The summed E-state index contributed by atoms with van der Waals surface area (Å²) in [4.78, 5) is 27.9. The van der Waals surface area contributed by atoms with Crippen LogP contribution in [0.5, 0.6) is 0 Å². The number of benzene rings is 2. The fraction of sp³-hybridized carbons (Fsp3) is 0.417. The van der Waals surface area contributed by atoms with Gasteiger partial charge in [0, 0.05) is 18.1 Å². The number of halogens is 3. The zero-order valence-corrected chi connectivity index (χ0v) is 23.2. The Kier molecular flexibility index (Phi) is 10.7. The van der Waals surface area contributed by atoms with E-state index < -0.39 is 28.5 Å². The molecule has 1 unspecified atom stereocenters. The van der Waals surface area contributed by atoms with Crippen LogP contribution in [0.3, 0.4) is 0 Å². The standard InChI is InChI=1S/C24H30Cl3N3O4S/c1-5-11-28-24(32)22(6-2)29(14-17-8-10-19(25)21(27)12-17)23(31)15-30(35(4,33)34)18-9-7-16(3)20(26)13-18/h7-10,12-13,22H,5-6,11,14-15H2,1-4H3,(H,28,32). The number of sulfonamides is 1. The summed E-state index contributed by atoms with van der Waals surface area (Å²) in [5.74, 6) is -0.858. The van der Waals surface area contributed by atoms with E-state index in [0.29, 0.717) is 33.6 Å². The number of anilines is 1. The Morgan fingerprint density at radius 2 is 1.69 bits per heavy atom. The second-order valence-corrected chi connectivity index (χ2v) is 11.3. The molecule has 0 fully saturated rings. The molecule has 0 saturated heterocycles. The van der Waals surface area contributed by atoms with Crippen LogP contribution in [0.2, 0.25) is 15.1 Å². The predicted octanol–water partition coefficient (Wildman–Crippen LogP) is 5.05. The molecule has 192 valence electrons. The highest BCUT2D eigenvalue weighted by Gasteiger charge is 2.31. The van der Waals surface area contributed by atoms with Crippen molar-refractivity contribution in [3.05, 3.63) is 62.6 Å². The minimum atomic E-state index is -3.84. The van der Waals surface area contributed by atoms with Gasteiger partial charge < -0.3 is 10.2 Å². The highest BCUT2D eigenvalue weighted by Crippen LogP contribution is 2.27. The molecular formula is C24H30Cl3N3O4S. The minimum absolute atomic E-state index is 0.0417. The number of aryl methyl sites for hydroxylation is 1. The van der Waals surface area contributed by atoms with Gasteiger partial charge in [0.2, 0.25) is 21.8 Å². The topological polar surface area (TPSA) is 86.8 Å². The van der Waals surface area contributed by atoms with E-state index in [1.54, 1.807) is 44.2 Å². The molecule has 1 atom stereocenters. The normalized spacial score (nSPS) is 12.2. The summed E-state index contributed by atoms with van der Waals surface area (Å²) in [7, 11) is -3.84. The number of nitrogens with one attached hydrogen (secondary N) is 1. The van der Waals surface area contributed by atoms with Crippen LogP contribution in [0, 0.1) is 6.92 Å². The first-order chi connectivity index (χ1) is 16.4. The first-order valence-corrected chi connectivity index (χ1v) is 14.1. The van der Waals surface area contributed by atoms with Crippen molar-refractivity contribution in [1.82, 2.24) is 10.2 Å². The number of carbonyl (C=O) groups excluding carboxylic acids is 2. The Labute approximate surface area is 222 Å². The van der Waals surface area contributed by atoms with Crippen molar-refractivity contribution in [3.8, 4) is 0 Å². The van der Waals surface area contributed by atoms with Gasteiger partial charge in [0.05, 0.1) is 22.0 Å². The zero-order chi connectivity index (χ0) is 26.3. The van der Waals surface area contributed by atoms with Crippen molar-refractivity contribution < 1.29 is 18.0 Å². The fourth-order valence-electron chi connectivity index (χ4n) is 3.47. The van der Waals surface area contributed by atoms with Crippen LogP contribution in [-0.4, -0.2) is 50.5 Å². The Morgan fingerprint density at radius 3 is 2.23 bits per heavy atom. The lowest BCUT2D eigenvalue weighted by molar-refractivity contribution is -0.140. The number of hydrogen-bond acceptors (Lipinski definition) is 4. The summed E-state index contributed by atoms with van der Waals surface area (Å²) < 4.78 is 26.3. The van der Waals surface area contributed by atoms with Crippen molar-refractivity contribution in [2.75, 3.05) is 23.7 Å². The van der Waals surface area contributed by atoms with E-state index in [1.807, 2.05) is 6.92 Å². The average Bonchev–Trinajstić information content (AvgIpc) is 2.79. The monoisotopic (exact) mass is 561 g/mol. The van der Waals surface area contributed by atoms with Crippen LogP contribution in [-0.2, 0) is 26.2 Å². The molecule has 2 rings (SSSR count). The summed E-state index contributed by atoms with van der Waals surface area (Å²) >= 11 is 18.4. The van der Waals surface area contributed by atoms with Gasteiger partial charge in [0.1, 0.15) is 12.6 Å². The van der Waals surface area contributed by atoms with Gasteiger partial charge in [-0.15, -0.1) is 0 Å². The summed E-state index contributed by atoms with van der Waals surface area (Å²) in [6.45, 7) is 5.51. The first kappa shape index (κ1) is 29.2. The lowest BCUT2D eigenvalue weighted by atomic mass is 10.1. The molecule has 7 nitrogen and oxygen atoms in total. The maximum absolute atomic E-state index is 13.6. The van der Waals surface area contributed by atoms with E-state index >= 15 is 0 Å². The van der Waals surface area contributed by atoms with Gasteiger partial charge in [-0.1, -0.05) is 60.8 Å². The quantitative estimate of drug-likeness (QED) is 0.415. The van der Waals surface area contributed by atoms with Crippen LogP contribution in [0.4, 0.5) is 5.69 Å². The molecule has 0 spiro atoms. The number of carbonyl (C=O) groups is 2. The predicted molar refractivity (Wildman–Crippen MR) is 143 cm³/mol. The molecule has 0 aromatic heterocycles. The van der Waals surface area contributed by atoms with Crippen molar-refractivity contribution >= 4 is 62.3 Å². The van der Waals surface area contributed by atoms with E-state index in [-0.39, 0.29) is 18.1 Å². The molecule has 0 aliphatic carbocycles. The summed E-state index contributed by atoms with van der Waals surface area (Å²) in [5, 5.41) is 3.87. The zero-order valence-electron chi connectivity index (χ0n) is 20.1. The molecule has 2 amide bonds. The van der Waals surface area contributed by atoms with Crippen molar-refractivity contribution in [3.63, 3.8) is 0 Å². The van der Waals surface area contributed by atoms with Crippen molar-refractivity contribution in [2.45, 2.75) is 46.2 Å². The molecule has 11 heteroatoms. The molecule has 1 N–H and O–H groups in total. The van der Waals surface area contributed by atoms with Crippen LogP contribution in [0.25, 0.3) is 0 Å². The van der Waals surface area contributed by atoms with Crippen molar-refractivity contribution in [2.24, 2.45) is 0 Å². The molecule has 2 aromatic carbocycles. The second-order valence-electron chi connectivity index (χ2n) is 8.19. The van der Waals surface area contributed by atoms with Gasteiger partial charge in [0.15, 0.2) is 0 Å². The lowest BCUT2D eigenvalue weighted by Crippen LogP contribution is -2.52. The third-order valence-electron chi connectivity index (χ3n) is 5.39. The van der Waals surface area contributed by atoms with Crippen LogP contribution < -0.4 is 9.62 Å². The maximum atomic E-state index is 13.6. The van der Waals surface area contributed by atoms with Gasteiger partial charge >= 0.3 is 0 Å². The van der Waals surface area contributed by atoms with Crippen LogP contribution >= 0.6 is 34.8 Å². The smallest absolute Gasteiger partial charge is 0.244 e. The number of rotatable bonds is 11. The largest absolute Gasteiger partial charge is 0.354 e. The lowest BCUT2D eigenvalue weighted by Gasteiger charge is -2.33. The summed E-state index contributed by atoms with van der Waals surface area (Å²) in [6.07, 6.45) is 2.08. The number of amides is 2. The molecule has 35 heavy (non-hydrogen) atoms. The SMILES string of the molecule is CCCNC(=O)C(CC)N(Cc1ccc(Cl)c(Cl)c1)C(=O)CN(c1ccc(C)c(Cl)c1)S(C)(=O)=O. The van der Waals surface area contributed by atoms with E-state index in [1.165, 1.54) is 11.0 Å². The third-order valence-corrected chi connectivity index (χ3v) is 7.68. The van der Waals surface area contributed by atoms with Gasteiger partial charge in [-0.3, -0.25) is 13.9 Å². The first-order valence-electron chi connectivity index (χ1n) is 11.1. The van der Waals surface area contributed by atoms with Crippen LogP contribution in [0.1, 0.15) is 37.8 Å². The Balaban J connectivity index is 2.46. The Morgan fingerprint density at radius 1 is 1.00 bits per heavy atom. The van der Waals surface area contributed by atoms with Gasteiger partial charge in [-0.25, -0.2) is 8.42 Å². The molecule has 0 radical (unpaired) electrons. The average molecular weight is 563 g/mol. The van der Waals surface area contributed by atoms with E-state index in [0.717, 1.165) is 22.5 Å². The van der Waals surface area contributed by atoms with E-state index in [4.69, 9.17) is 34.8 Å². The molecule has 2 aromatic rings. The molecule has 0 aliphatic rings. The Hall–Kier alpha value is -2.00. The van der Waals surface area contributed by atoms with E-state index in [9.17, 15) is 18.0 Å². The fourth-order valence-corrected chi connectivity index (χ4v) is 4.81. The van der Waals surface area contributed by atoms with Gasteiger partial charge in [-0.05, 0) is 55.2 Å². The van der Waals surface area contributed by atoms with Crippen molar-refractivity contribution in [1.29, 1.82) is 0 Å². The van der Waals surface area contributed by atoms with E-state index in [2.05, 4.69) is 5.32 Å². The van der Waals surface area contributed by atoms with Gasteiger partial charge in [0.25, 0.3) is 0 Å². The number of nitrogens with zero attached hydrogens (tertiary/aromatic N) is 2. The highest BCUT2D eigenvalue weighted by molar-refractivity contribution is 7.92. The molecule has 0 aliphatic heterocycles. The number of hydrogen-bond donors (Lipinski definition) is 1. The Bertz CT molecular complexity index is 1170. The summed E-state index contributed by atoms with van der Waals surface area (Å²) in [5.41, 5.74) is 1.68. The molecular weight excluding hydrogens is 533 g/mol. The van der Waals surface area contributed by atoms with Crippen LogP contribution in [0.15, 0.2) is 36.4 Å². The molecule has 0 saturated carbocycles. The molecule has 0 heterocycles.